The van der Waals surface area contributed by atoms with Crippen molar-refractivity contribution in [3.8, 4) is 0 Å². The maximum absolute atomic E-state index is 9.25. The molecule has 0 rings (SSSR count). The number of rotatable bonds is 4. The molecule has 3 nitrogen and oxygen atoms in total. The van der Waals surface area contributed by atoms with Crippen LogP contribution in [0.1, 0.15) is 0 Å². The van der Waals surface area contributed by atoms with Crippen LogP contribution in [0.3, 0.4) is 0 Å². The quantitative estimate of drug-likeness (QED) is 0.353. The Morgan fingerprint density at radius 1 is 1.75 bits per heavy atom. The van der Waals surface area contributed by atoms with Gasteiger partial charge in [0.1, 0.15) is 6.61 Å². The Morgan fingerprint density at radius 2 is 2.38 bits per heavy atom. The first-order valence-electron chi connectivity index (χ1n) is 1.96. The molecular formula is C3H5Cl2NO2. The van der Waals surface area contributed by atoms with E-state index in [0.717, 1.165) is 0 Å². The van der Waals surface area contributed by atoms with Crippen molar-refractivity contribution >= 4 is 23.2 Å². The van der Waals surface area contributed by atoms with Gasteiger partial charge in [0.05, 0.1) is 5.38 Å². The van der Waals surface area contributed by atoms with Crippen molar-refractivity contribution in [2.24, 2.45) is 5.34 Å². The minimum Gasteiger partial charge on any atom is -0.362 e. The number of halogens is 2. The fraction of sp³-hybridized carbons (Fsp3) is 1.00. The standard InChI is InChI=1S/C3H5Cl2NO2/c4-1-3(5)2-8-6-7/h3H,1-2H2. The topological polar surface area (TPSA) is 38.7 Å². The van der Waals surface area contributed by atoms with Gasteiger partial charge < -0.3 is 4.84 Å². The van der Waals surface area contributed by atoms with Crippen LogP contribution in [0, 0.1) is 4.91 Å². The van der Waals surface area contributed by atoms with Crippen molar-refractivity contribution in [3.05, 3.63) is 4.91 Å². The molecule has 0 amide bonds. The molecule has 48 valence electrons. The minimum absolute atomic E-state index is 0.0779. The molecular weight excluding hydrogens is 153 g/mol. The lowest BCUT2D eigenvalue weighted by atomic mass is 10.5. The van der Waals surface area contributed by atoms with Crippen LogP contribution < -0.4 is 0 Å². The van der Waals surface area contributed by atoms with Crippen LogP contribution in [0.15, 0.2) is 5.34 Å². The second-order valence-corrected chi connectivity index (χ2v) is 2.05. The Kier molecular flexibility index (Phi) is 5.11. The number of nitrogens with zero attached hydrogens (tertiary/aromatic N) is 1. The van der Waals surface area contributed by atoms with Gasteiger partial charge in [-0.15, -0.1) is 28.1 Å². The first kappa shape index (κ1) is 7.98. The molecule has 1 atom stereocenters. The van der Waals surface area contributed by atoms with E-state index in [1.54, 1.807) is 0 Å². The van der Waals surface area contributed by atoms with Crippen molar-refractivity contribution in [1.82, 2.24) is 0 Å². The third kappa shape index (κ3) is 4.15. The predicted octanol–water partition coefficient (Wildman–Crippen LogP) is 1.53. The van der Waals surface area contributed by atoms with Gasteiger partial charge in [-0.25, -0.2) is 0 Å². The lowest BCUT2D eigenvalue weighted by Gasteiger charge is -1.97. The number of hydrogen-bond acceptors (Lipinski definition) is 3. The van der Waals surface area contributed by atoms with E-state index in [9.17, 15) is 4.91 Å². The Balaban J connectivity index is 2.97. The molecule has 0 fully saturated rings. The average molecular weight is 158 g/mol. The van der Waals surface area contributed by atoms with Gasteiger partial charge in [0.25, 0.3) is 0 Å². The molecule has 5 heteroatoms. The highest BCUT2D eigenvalue weighted by Gasteiger charge is 2.01. The number of alkyl halides is 2. The third-order valence-electron chi connectivity index (χ3n) is 0.476. The summed E-state index contributed by atoms with van der Waals surface area (Å²) in [5.41, 5.74) is 0. The van der Waals surface area contributed by atoms with Crippen LogP contribution >= 0.6 is 23.2 Å². The number of hydrogen-bond donors (Lipinski definition) is 0. The summed E-state index contributed by atoms with van der Waals surface area (Å²) in [5, 5.41) is 1.81. The largest absolute Gasteiger partial charge is 0.362 e. The van der Waals surface area contributed by atoms with E-state index < -0.39 is 0 Å². The monoisotopic (exact) mass is 157 g/mol. The molecule has 0 aromatic carbocycles. The molecule has 0 N–H and O–H groups in total. The molecule has 0 saturated carbocycles. The second-order valence-electron chi connectivity index (χ2n) is 1.12. The molecule has 8 heavy (non-hydrogen) atoms. The molecule has 0 spiro atoms. The fourth-order valence-electron chi connectivity index (χ4n) is 0.156. The van der Waals surface area contributed by atoms with Crippen LogP contribution in [0.25, 0.3) is 0 Å². The summed E-state index contributed by atoms with van der Waals surface area (Å²) in [5.74, 6) is 0.261. The first-order chi connectivity index (χ1) is 3.81. The average Bonchev–Trinajstić information content (AvgIpc) is 1.83. The molecule has 1 unspecified atom stereocenters. The summed E-state index contributed by atoms with van der Waals surface area (Å²) in [6, 6.07) is 0. The Morgan fingerprint density at radius 3 is 2.75 bits per heavy atom. The zero-order valence-corrected chi connectivity index (χ0v) is 5.52. The molecule has 0 aliphatic rings. The lowest BCUT2D eigenvalue weighted by molar-refractivity contribution is 0.143. The van der Waals surface area contributed by atoms with Crippen LogP contribution in [0.4, 0.5) is 0 Å². The van der Waals surface area contributed by atoms with E-state index in [-0.39, 0.29) is 17.9 Å². The molecule has 0 aromatic rings. The van der Waals surface area contributed by atoms with E-state index in [4.69, 9.17) is 23.2 Å². The van der Waals surface area contributed by atoms with Crippen LogP contribution in [-0.2, 0) is 4.84 Å². The van der Waals surface area contributed by atoms with E-state index in [1.165, 1.54) is 0 Å². The van der Waals surface area contributed by atoms with Crippen LogP contribution in [0.5, 0.6) is 0 Å². The molecule has 0 aliphatic heterocycles. The molecule has 0 heterocycles. The van der Waals surface area contributed by atoms with Crippen molar-refractivity contribution in [3.63, 3.8) is 0 Å². The van der Waals surface area contributed by atoms with E-state index in [2.05, 4.69) is 10.2 Å². The van der Waals surface area contributed by atoms with Gasteiger partial charge in [-0.1, -0.05) is 0 Å². The Bertz CT molecular complexity index is 70.3. The van der Waals surface area contributed by atoms with Gasteiger partial charge in [0.15, 0.2) is 5.34 Å². The fourth-order valence-corrected chi connectivity index (χ4v) is 0.301. The molecule has 0 aromatic heterocycles. The zero-order valence-electron chi connectivity index (χ0n) is 4.01. The van der Waals surface area contributed by atoms with Gasteiger partial charge in [-0.05, 0) is 0 Å². The summed E-state index contributed by atoms with van der Waals surface area (Å²) < 4.78 is 0. The van der Waals surface area contributed by atoms with Crippen molar-refractivity contribution in [2.75, 3.05) is 12.5 Å². The maximum Gasteiger partial charge on any atom is 0.155 e. The summed E-state index contributed by atoms with van der Waals surface area (Å²) in [6.45, 7) is 0.0779. The van der Waals surface area contributed by atoms with Gasteiger partial charge in [0.2, 0.25) is 0 Å². The summed E-state index contributed by atoms with van der Waals surface area (Å²) in [4.78, 5) is 13.3. The summed E-state index contributed by atoms with van der Waals surface area (Å²) in [6.07, 6.45) is 0. The molecule has 0 aliphatic carbocycles. The lowest BCUT2D eigenvalue weighted by Crippen LogP contribution is -2.07. The second kappa shape index (κ2) is 5.12. The highest BCUT2D eigenvalue weighted by atomic mass is 35.5. The van der Waals surface area contributed by atoms with Crippen LogP contribution in [-0.4, -0.2) is 17.9 Å². The zero-order chi connectivity index (χ0) is 6.41. The van der Waals surface area contributed by atoms with E-state index >= 15 is 0 Å². The van der Waals surface area contributed by atoms with Crippen molar-refractivity contribution < 1.29 is 4.84 Å². The van der Waals surface area contributed by atoms with Crippen molar-refractivity contribution in [1.29, 1.82) is 0 Å². The van der Waals surface area contributed by atoms with Gasteiger partial charge in [-0.3, -0.25) is 0 Å². The first-order valence-corrected chi connectivity index (χ1v) is 2.93. The minimum atomic E-state index is -0.325. The van der Waals surface area contributed by atoms with E-state index in [1.807, 2.05) is 0 Å². The normalized spacial score (nSPS) is 12.8. The highest BCUT2D eigenvalue weighted by molar-refractivity contribution is 6.28. The smallest absolute Gasteiger partial charge is 0.155 e. The van der Waals surface area contributed by atoms with Gasteiger partial charge >= 0.3 is 0 Å². The Hall–Kier alpha value is -0.0200. The van der Waals surface area contributed by atoms with Gasteiger partial charge in [0, 0.05) is 5.88 Å². The maximum atomic E-state index is 9.25. The molecule has 0 saturated heterocycles. The summed E-state index contributed by atoms with van der Waals surface area (Å²) in [7, 11) is 0. The Labute approximate surface area is 56.8 Å². The van der Waals surface area contributed by atoms with Crippen molar-refractivity contribution in [2.45, 2.75) is 5.38 Å². The SMILES string of the molecule is O=NOCC(Cl)CCl. The molecule has 0 radical (unpaired) electrons. The predicted molar refractivity (Wildman–Crippen MR) is 32.1 cm³/mol. The molecule has 0 bridgehead atoms. The van der Waals surface area contributed by atoms with Crippen LogP contribution in [0.2, 0.25) is 0 Å². The van der Waals surface area contributed by atoms with Gasteiger partial charge in [-0.2, -0.15) is 0 Å². The summed E-state index contributed by atoms with van der Waals surface area (Å²) >= 11 is 10.6. The van der Waals surface area contributed by atoms with E-state index in [0.29, 0.717) is 0 Å². The highest BCUT2D eigenvalue weighted by Crippen LogP contribution is 1.98. The third-order valence-corrected chi connectivity index (χ3v) is 1.29.